The minimum absolute atomic E-state index is 0.534. The van der Waals surface area contributed by atoms with E-state index in [0.717, 1.165) is 23.0 Å². The molecule has 1 aromatic rings. The number of benzene rings is 1. The van der Waals surface area contributed by atoms with Gasteiger partial charge in [-0.3, -0.25) is 0 Å². The van der Waals surface area contributed by atoms with Crippen molar-refractivity contribution in [1.29, 1.82) is 0 Å². The van der Waals surface area contributed by atoms with E-state index >= 15 is 0 Å². The van der Waals surface area contributed by atoms with E-state index < -0.39 is 0 Å². The summed E-state index contributed by atoms with van der Waals surface area (Å²) in [6, 6.07) is 7.00. The molecular weight excluding hydrogens is 277 g/mol. The van der Waals surface area contributed by atoms with Gasteiger partial charge in [0.25, 0.3) is 0 Å². The van der Waals surface area contributed by atoms with Crippen LogP contribution in [0.2, 0.25) is 5.02 Å². The Morgan fingerprint density at radius 1 is 1.11 bits per heavy atom. The van der Waals surface area contributed by atoms with E-state index in [4.69, 9.17) is 23.2 Å². The van der Waals surface area contributed by atoms with Crippen molar-refractivity contribution in [3.63, 3.8) is 0 Å². The van der Waals surface area contributed by atoms with Crippen LogP contribution >= 0.6 is 23.2 Å². The second-order valence-corrected chi connectivity index (χ2v) is 6.54. The van der Waals surface area contributed by atoms with Crippen LogP contribution in [0.1, 0.15) is 44.1 Å². The molecule has 19 heavy (non-hydrogen) atoms. The molecular formula is C16H21Cl2N. The van der Waals surface area contributed by atoms with E-state index in [1.807, 2.05) is 6.07 Å². The van der Waals surface area contributed by atoms with Crippen LogP contribution in [-0.4, -0.2) is 12.6 Å². The molecule has 1 aromatic carbocycles. The van der Waals surface area contributed by atoms with Gasteiger partial charge in [-0.2, -0.15) is 0 Å². The summed E-state index contributed by atoms with van der Waals surface area (Å²) in [5, 5.41) is 0.864. The third-order valence-electron chi connectivity index (χ3n) is 4.72. The van der Waals surface area contributed by atoms with E-state index in [9.17, 15) is 0 Å². The number of rotatable bonds is 3. The number of anilines is 1. The van der Waals surface area contributed by atoms with Gasteiger partial charge in [0.15, 0.2) is 0 Å². The fourth-order valence-electron chi connectivity index (χ4n) is 3.79. The number of hydrogen-bond acceptors (Lipinski definition) is 1. The lowest BCUT2D eigenvalue weighted by Gasteiger charge is -2.32. The van der Waals surface area contributed by atoms with Crippen LogP contribution in [0.25, 0.3) is 0 Å². The third-order valence-corrected chi connectivity index (χ3v) is 5.33. The Balaban J connectivity index is 1.83. The Labute approximate surface area is 125 Å². The van der Waals surface area contributed by atoms with Gasteiger partial charge in [0.1, 0.15) is 0 Å². The summed E-state index contributed by atoms with van der Waals surface area (Å²) in [6.45, 7) is 1.15. The first-order chi connectivity index (χ1) is 9.29. The van der Waals surface area contributed by atoms with E-state index in [0.29, 0.717) is 11.9 Å². The van der Waals surface area contributed by atoms with Crippen LogP contribution in [0, 0.1) is 5.92 Å². The molecule has 1 saturated carbocycles. The summed E-state index contributed by atoms with van der Waals surface area (Å²) < 4.78 is 0. The van der Waals surface area contributed by atoms with E-state index in [1.54, 1.807) is 0 Å². The van der Waals surface area contributed by atoms with Crippen LogP contribution in [0.5, 0.6) is 0 Å². The predicted octanol–water partition coefficient (Wildman–Crippen LogP) is 5.24. The largest absolute Gasteiger partial charge is 0.367 e. The minimum Gasteiger partial charge on any atom is -0.367 e. The smallest absolute Gasteiger partial charge is 0.0642 e. The van der Waals surface area contributed by atoms with Crippen molar-refractivity contribution < 1.29 is 0 Å². The second kappa shape index (κ2) is 5.93. The standard InChI is InChI=1S/C16H21Cl2N/c17-11-12-7-8-16(14(18)10-12)19-9-3-6-15(19)13-4-1-2-5-13/h7-8,10,13,15H,1-6,9,11H2. The molecule has 1 atom stereocenters. The van der Waals surface area contributed by atoms with Crippen molar-refractivity contribution in [2.75, 3.05) is 11.4 Å². The first kappa shape index (κ1) is 13.6. The maximum Gasteiger partial charge on any atom is 0.0642 e. The molecule has 3 heteroatoms. The monoisotopic (exact) mass is 297 g/mol. The van der Waals surface area contributed by atoms with Crippen molar-refractivity contribution in [3.8, 4) is 0 Å². The molecule has 104 valence electrons. The van der Waals surface area contributed by atoms with E-state index in [1.165, 1.54) is 44.2 Å². The normalized spacial score (nSPS) is 24.3. The summed E-state index contributed by atoms with van der Waals surface area (Å²) in [5.41, 5.74) is 2.32. The Morgan fingerprint density at radius 3 is 2.58 bits per heavy atom. The van der Waals surface area contributed by atoms with Gasteiger partial charge in [-0.05, 0) is 49.3 Å². The molecule has 0 amide bonds. The lowest BCUT2D eigenvalue weighted by atomic mass is 9.95. The van der Waals surface area contributed by atoms with Crippen molar-refractivity contribution in [2.45, 2.75) is 50.4 Å². The van der Waals surface area contributed by atoms with E-state index in [-0.39, 0.29) is 0 Å². The van der Waals surface area contributed by atoms with Crippen LogP contribution in [0.3, 0.4) is 0 Å². The fourth-order valence-corrected chi connectivity index (χ4v) is 4.27. The summed E-state index contributed by atoms with van der Waals surface area (Å²) >= 11 is 12.3. The number of nitrogens with zero attached hydrogens (tertiary/aromatic N) is 1. The highest BCUT2D eigenvalue weighted by Crippen LogP contribution is 2.40. The molecule has 1 saturated heterocycles. The molecule has 0 bridgehead atoms. The molecule has 0 N–H and O–H groups in total. The molecule has 3 rings (SSSR count). The topological polar surface area (TPSA) is 3.24 Å². The quantitative estimate of drug-likeness (QED) is 0.690. The second-order valence-electron chi connectivity index (χ2n) is 5.87. The maximum absolute atomic E-state index is 6.46. The molecule has 2 fully saturated rings. The molecule has 1 aliphatic heterocycles. The Kier molecular flexibility index (Phi) is 4.24. The number of hydrogen-bond donors (Lipinski definition) is 0. The zero-order valence-electron chi connectivity index (χ0n) is 11.2. The van der Waals surface area contributed by atoms with Gasteiger partial charge in [-0.15, -0.1) is 11.6 Å². The highest BCUT2D eigenvalue weighted by Gasteiger charge is 2.34. The molecule has 1 heterocycles. The van der Waals surface area contributed by atoms with Crippen molar-refractivity contribution in [3.05, 3.63) is 28.8 Å². The SMILES string of the molecule is ClCc1ccc(N2CCCC2C2CCCC2)c(Cl)c1. The average Bonchev–Trinajstić information content (AvgIpc) is 3.08. The summed E-state index contributed by atoms with van der Waals surface area (Å²) in [4.78, 5) is 2.55. The van der Waals surface area contributed by atoms with Gasteiger partial charge in [0.05, 0.1) is 10.7 Å². The molecule has 1 nitrogen and oxygen atoms in total. The molecule has 2 aliphatic rings. The van der Waals surface area contributed by atoms with Gasteiger partial charge in [0, 0.05) is 18.5 Å². The highest BCUT2D eigenvalue weighted by atomic mass is 35.5. The predicted molar refractivity (Wildman–Crippen MR) is 83.3 cm³/mol. The van der Waals surface area contributed by atoms with Gasteiger partial charge in [0.2, 0.25) is 0 Å². The maximum atomic E-state index is 6.46. The number of alkyl halides is 1. The van der Waals surface area contributed by atoms with Crippen LogP contribution in [0.4, 0.5) is 5.69 Å². The Hall–Kier alpha value is -0.400. The molecule has 0 aromatic heterocycles. The van der Waals surface area contributed by atoms with Crippen LogP contribution in [-0.2, 0) is 5.88 Å². The summed E-state index contributed by atoms with van der Waals surface area (Å²) in [6.07, 6.45) is 8.26. The third kappa shape index (κ3) is 2.73. The van der Waals surface area contributed by atoms with Gasteiger partial charge in [-0.25, -0.2) is 0 Å². The van der Waals surface area contributed by atoms with Gasteiger partial charge < -0.3 is 4.90 Å². The molecule has 0 spiro atoms. The summed E-state index contributed by atoms with van der Waals surface area (Å²) in [5.74, 6) is 1.41. The van der Waals surface area contributed by atoms with Crippen molar-refractivity contribution in [1.82, 2.24) is 0 Å². The van der Waals surface area contributed by atoms with E-state index in [2.05, 4.69) is 17.0 Å². The zero-order chi connectivity index (χ0) is 13.2. The molecule has 0 radical (unpaired) electrons. The summed E-state index contributed by atoms with van der Waals surface area (Å²) in [7, 11) is 0. The zero-order valence-corrected chi connectivity index (χ0v) is 12.8. The first-order valence-electron chi connectivity index (χ1n) is 7.40. The fraction of sp³-hybridized carbons (Fsp3) is 0.625. The van der Waals surface area contributed by atoms with Crippen molar-refractivity contribution >= 4 is 28.9 Å². The number of halogens is 2. The van der Waals surface area contributed by atoms with Gasteiger partial charge >= 0.3 is 0 Å². The average molecular weight is 298 g/mol. The Bertz CT molecular complexity index is 440. The van der Waals surface area contributed by atoms with Gasteiger partial charge in [-0.1, -0.05) is 30.5 Å². The Morgan fingerprint density at radius 2 is 1.89 bits per heavy atom. The van der Waals surface area contributed by atoms with Crippen LogP contribution < -0.4 is 4.90 Å². The lowest BCUT2D eigenvalue weighted by molar-refractivity contribution is 0.431. The lowest BCUT2D eigenvalue weighted by Crippen LogP contribution is -2.34. The molecule has 1 aliphatic carbocycles. The minimum atomic E-state index is 0.534. The molecule has 1 unspecified atom stereocenters. The first-order valence-corrected chi connectivity index (χ1v) is 8.32. The van der Waals surface area contributed by atoms with Crippen molar-refractivity contribution in [2.24, 2.45) is 5.92 Å². The highest BCUT2D eigenvalue weighted by molar-refractivity contribution is 6.33. The van der Waals surface area contributed by atoms with Crippen LogP contribution in [0.15, 0.2) is 18.2 Å².